The Morgan fingerprint density at radius 3 is 2.83 bits per heavy atom. The monoisotopic (exact) mass is 176 g/mol. The van der Waals surface area contributed by atoms with Crippen LogP contribution in [0.5, 0.6) is 0 Å². The lowest BCUT2D eigenvalue weighted by molar-refractivity contribution is 1.34. The molecule has 0 aromatic carbocycles. The average molecular weight is 176 g/mol. The number of rotatable bonds is 1. The van der Waals surface area contributed by atoms with Crippen molar-refractivity contribution in [3.63, 3.8) is 0 Å². The van der Waals surface area contributed by atoms with Crippen LogP contribution in [0.4, 0.5) is 5.82 Å². The minimum atomic E-state index is 0.597. The summed E-state index contributed by atoms with van der Waals surface area (Å²) in [5.74, 6) is 0.597. The topological polar surface area (TPSA) is 38.9 Å². The highest BCUT2D eigenvalue weighted by molar-refractivity contribution is 7.13. The molecule has 0 spiro atoms. The third-order valence-corrected chi connectivity index (χ3v) is 2.53. The first-order chi connectivity index (χ1) is 5.88. The maximum Gasteiger partial charge on any atom is 0.132 e. The zero-order chi connectivity index (χ0) is 8.39. The van der Waals surface area contributed by atoms with E-state index in [0.29, 0.717) is 5.82 Å². The zero-order valence-electron chi connectivity index (χ0n) is 6.40. The first-order valence-corrected chi connectivity index (χ1v) is 4.50. The third kappa shape index (κ3) is 1.19. The molecular weight excluding hydrogens is 168 g/mol. The van der Waals surface area contributed by atoms with E-state index in [9.17, 15) is 0 Å². The third-order valence-electron chi connectivity index (χ3n) is 1.63. The molecule has 0 aliphatic heterocycles. The van der Waals surface area contributed by atoms with Crippen LogP contribution in [0.25, 0.3) is 10.4 Å². The van der Waals surface area contributed by atoms with E-state index >= 15 is 0 Å². The van der Waals surface area contributed by atoms with Crippen molar-refractivity contribution in [2.24, 2.45) is 0 Å². The van der Waals surface area contributed by atoms with E-state index in [4.69, 9.17) is 5.73 Å². The molecule has 0 aliphatic rings. The highest BCUT2D eigenvalue weighted by atomic mass is 32.1. The van der Waals surface area contributed by atoms with E-state index in [1.165, 1.54) is 4.88 Å². The Hall–Kier alpha value is -1.35. The van der Waals surface area contributed by atoms with Gasteiger partial charge >= 0.3 is 0 Å². The summed E-state index contributed by atoms with van der Waals surface area (Å²) in [6.07, 6.45) is 1.70. The Bertz CT molecular complexity index is 368. The van der Waals surface area contributed by atoms with Crippen molar-refractivity contribution in [2.75, 3.05) is 5.73 Å². The molecule has 0 aliphatic carbocycles. The summed E-state index contributed by atoms with van der Waals surface area (Å²) in [6, 6.07) is 7.92. The van der Waals surface area contributed by atoms with Crippen LogP contribution in [-0.2, 0) is 0 Å². The van der Waals surface area contributed by atoms with Gasteiger partial charge in [0.2, 0.25) is 0 Å². The molecule has 0 atom stereocenters. The fourth-order valence-corrected chi connectivity index (χ4v) is 1.82. The molecule has 0 saturated heterocycles. The molecule has 2 nitrogen and oxygen atoms in total. The van der Waals surface area contributed by atoms with E-state index in [2.05, 4.69) is 4.98 Å². The Morgan fingerprint density at radius 1 is 1.25 bits per heavy atom. The number of thiophene rings is 1. The van der Waals surface area contributed by atoms with Crippen LogP contribution in [0.3, 0.4) is 0 Å². The van der Waals surface area contributed by atoms with Gasteiger partial charge in [-0.1, -0.05) is 6.07 Å². The Morgan fingerprint density at radius 2 is 2.17 bits per heavy atom. The smallest absolute Gasteiger partial charge is 0.132 e. The van der Waals surface area contributed by atoms with Crippen LogP contribution >= 0.6 is 11.3 Å². The van der Waals surface area contributed by atoms with Crippen LogP contribution in [-0.4, -0.2) is 4.98 Å². The second-order valence-corrected chi connectivity index (χ2v) is 3.36. The Kier molecular flexibility index (Phi) is 1.80. The summed E-state index contributed by atoms with van der Waals surface area (Å²) in [7, 11) is 0. The summed E-state index contributed by atoms with van der Waals surface area (Å²) in [4.78, 5) is 5.19. The molecule has 3 heteroatoms. The molecule has 0 unspecified atom stereocenters. The lowest BCUT2D eigenvalue weighted by Crippen LogP contribution is -1.91. The van der Waals surface area contributed by atoms with Crippen LogP contribution in [0, 0.1) is 0 Å². The molecule has 2 N–H and O–H groups in total. The first kappa shape index (κ1) is 7.31. The summed E-state index contributed by atoms with van der Waals surface area (Å²) in [6.45, 7) is 0. The standard InChI is InChI=1S/C9H8N2S/c10-9-7(3-1-5-11-9)8-4-2-6-12-8/h1-6H,(H2,10,11). The van der Waals surface area contributed by atoms with Crippen molar-refractivity contribution in [3.8, 4) is 10.4 Å². The van der Waals surface area contributed by atoms with Gasteiger partial charge in [-0.05, 0) is 23.6 Å². The molecule has 0 bridgehead atoms. The largest absolute Gasteiger partial charge is 0.383 e. The van der Waals surface area contributed by atoms with Crippen molar-refractivity contribution in [1.29, 1.82) is 0 Å². The van der Waals surface area contributed by atoms with Crippen LogP contribution in [0.2, 0.25) is 0 Å². The highest BCUT2D eigenvalue weighted by Gasteiger charge is 2.01. The number of hydrogen-bond donors (Lipinski definition) is 1. The minimum Gasteiger partial charge on any atom is -0.383 e. The number of nitrogen functional groups attached to an aromatic ring is 1. The van der Waals surface area contributed by atoms with Gasteiger partial charge in [0, 0.05) is 16.6 Å². The van der Waals surface area contributed by atoms with Crippen molar-refractivity contribution < 1.29 is 0 Å². The molecule has 60 valence electrons. The van der Waals surface area contributed by atoms with Crippen LogP contribution in [0.15, 0.2) is 35.8 Å². The number of pyridine rings is 1. The molecule has 0 amide bonds. The fourth-order valence-electron chi connectivity index (χ4n) is 1.06. The first-order valence-electron chi connectivity index (χ1n) is 3.62. The van der Waals surface area contributed by atoms with Gasteiger partial charge in [-0.15, -0.1) is 11.3 Å². The van der Waals surface area contributed by atoms with Crippen LogP contribution < -0.4 is 5.73 Å². The Balaban J connectivity index is 2.55. The quantitative estimate of drug-likeness (QED) is 0.724. The summed E-state index contributed by atoms with van der Waals surface area (Å²) < 4.78 is 0. The number of anilines is 1. The summed E-state index contributed by atoms with van der Waals surface area (Å²) in [5.41, 5.74) is 6.73. The molecule has 2 aromatic heterocycles. The summed E-state index contributed by atoms with van der Waals surface area (Å²) in [5, 5.41) is 2.03. The molecule has 2 rings (SSSR count). The number of nitrogens with zero attached hydrogens (tertiary/aromatic N) is 1. The van der Waals surface area contributed by atoms with Crippen LogP contribution in [0.1, 0.15) is 0 Å². The van der Waals surface area contributed by atoms with Gasteiger partial charge < -0.3 is 5.73 Å². The average Bonchev–Trinajstić information content (AvgIpc) is 2.57. The van der Waals surface area contributed by atoms with Gasteiger partial charge in [-0.25, -0.2) is 4.98 Å². The molecule has 0 radical (unpaired) electrons. The van der Waals surface area contributed by atoms with Gasteiger partial charge in [-0.3, -0.25) is 0 Å². The predicted molar refractivity (Wildman–Crippen MR) is 52.0 cm³/mol. The number of nitrogens with two attached hydrogens (primary N) is 1. The van der Waals surface area contributed by atoms with E-state index < -0.39 is 0 Å². The Labute approximate surface area is 74.7 Å². The van der Waals surface area contributed by atoms with E-state index in [1.54, 1.807) is 17.5 Å². The lowest BCUT2D eigenvalue weighted by atomic mass is 10.2. The molecule has 2 aromatic rings. The molecular formula is C9H8N2S. The SMILES string of the molecule is Nc1ncccc1-c1cccs1. The van der Waals surface area contributed by atoms with E-state index in [1.807, 2.05) is 29.6 Å². The highest BCUT2D eigenvalue weighted by Crippen LogP contribution is 2.27. The number of aromatic nitrogens is 1. The second-order valence-electron chi connectivity index (χ2n) is 2.41. The fraction of sp³-hybridized carbons (Fsp3) is 0. The zero-order valence-corrected chi connectivity index (χ0v) is 7.21. The molecule has 2 heterocycles. The maximum atomic E-state index is 5.71. The minimum absolute atomic E-state index is 0.597. The van der Waals surface area contributed by atoms with Crippen molar-refractivity contribution in [3.05, 3.63) is 35.8 Å². The van der Waals surface area contributed by atoms with E-state index in [0.717, 1.165) is 5.56 Å². The van der Waals surface area contributed by atoms with Crippen molar-refractivity contribution in [2.45, 2.75) is 0 Å². The van der Waals surface area contributed by atoms with E-state index in [-0.39, 0.29) is 0 Å². The number of hydrogen-bond acceptors (Lipinski definition) is 3. The van der Waals surface area contributed by atoms with Gasteiger partial charge in [0.25, 0.3) is 0 Å². The molecule has 12 heavy (non-hydrogen) atoms. The van der Waals surface area contributed by atoms with Gasteiger partial charge in [0.1, 0.15) is 5.82 Å². The van der Waals surface area contributed by atoms with Gasteiger partial charge in [0.05, 0.1) is 0 Å². The maximum absolute atomic E-state index is 5.71. The molecule has 0 fully saturated rings. The summed E-state index contributed by atoms with van der Waals surface area (Å²) >= 11 is 1.67. The normalized spacial score (nSPS) is 10.0. The second kappa shape index (κ2) is 2.95. The van der Waals surface area contributed by atoms with Crippen molar-refractivity contribution in [1.82, 2.24) is 4.98 Å². The van der Waals surface area contributed by atoms with Gasteiger partial charge in [0.15, 0.2) is 0 Å². The lowest BCUT2D eigenvalue weighted by Gasteiger charge is -1.99. The van der Waals surface area contributed by atoms with Crippen molar-refractivity contribution >= 4 is 17.2 Å². The molecule has 0 saturated carbocycles. The van der Waals surface area contributed by atoms with Gasteiger partial charge in [-0.2, -0.15) is 0 Å². The predicted octanol–water partition coefficient (Wildman–Crippen LogP) is 2.39.